The van der Waals surface area contributed by atoms with Crippen molar-refractivity contribution in [1.29, 1.82) is 0 Å². The average Bonchev–Trinajstić information content (AvgIpc) is 3.73. The Morgan fingerprint density at radius 1 is 0.385 bits per heavy atom. The molecule has 1 aliphatic rings. The van der Waals surface area contributed by atoms with Gasteiger partial charge in [0, 0.05) is 32.9 Å². The van der Waals surface area contributed by atoms with Gasteiger partial charge >= 0.3 is 0 Å². The van der Waals surface area contributed by atoms with Crippen molar-refractivity contribution in [2.75, 3.05) is 0 Å². The lowest BCUT2D eigenvalue weighted by atomic mass is 9.36. The number of hydrogen-bond donors (Lipinski definition) is 0. The summed E-state index contributed by atoms with van der Waals surface area (Å²) in [4.78, 5) is 0. The van der Waals surface area contributed by atoms with Crippen LogP contribution in [0.3, 0.4) is 0 Å². The van der Waals surface area contributed by atoms with Crippen molar-refractivity contribution in [2.24, 2.45) is 0 Å². The molecule has 2 aromatic heterocycles. The monoisotopic (exact) mass is 662 g/mol. The summed E-state index contributed by atoms with van der Waals surface area (Å²) < 4.78 is 11.5. The summed E-state index contributed by atoms with van der Waals surface area (Å²) in [5, 5.41) is 4.99. The topological polar surface area (TPSA) is 19.1 Å². The van der Waals surface area contributed by atoms with Crippen molar-refractivity contribution in [3.63, 3.8) is 0 Å². The van der Waals surface area contributed by atoms with Crippen molar-refractivity contribution in [3.8, 4) is 34.0 Å². The van der Waals surface area contributed by atoms with Crippen molar-refractivity contribution < 1.29 is 4.74 Å². The summed E-state index contributed by atoms with van der Waals surface area (Å²) in [7, 11) is 0. The molecule has 0 unspecified atom stereocenters. The highest BCUT2D eigenvalue weighted by Gasteiger charge is 2.32. The first-order valence-electron chi connectivity index (χ1n) is 17.9. The van der Waals surface area contributed by atoms with Gasteiger partial charge in [0.2, 0.25) is 0 Å². The Kier molecular flexibility index (Phi) is 6.35. The van der Waals surface area contributed by atoms with Crippen LogP contribution in [0, 0.1) is 0 Å². The van der Waals surface area contributed by atoms with E-state index in [0.717, 1.165) is 34.0 Å². The minimum atomic E-state index is 0.111. The standard InChI is InChI=1S/C48H31BN2O/c1-3-15-34(16-4-1)49-40-22-9-12-25-45(40)52-46-31-33(26-28-41(46)49)32-14-13-19-36(30-32)51-42-23-10-7-20-37(42)38-27-29-44-47(48(38)51)39-21-8-11-24-43(39)50(44)35-17-5-2-6-18-35/h1-31H. The molecule has 0 bridgehead atoms. The Hall–Kier alpha value is -6.78. The van der Waals surface area contributed by atoms with Gasteiger partial charge in [-0.15, -0.1) is 0 Å². The molecule has 52 heavy (non-hydrogen) atoms. The number of ether oxygens (including phenoxy) is 1. The summed E-state index contributed by atoms with van der Waals surface area (Å²) in [5.74, 6) is 1.82. The van der Waals surface area contributed by atoms with Crippen molar-refractivity contribution in [1.82, 2.24) is 9.13 Å². The molecule has 0 fully saturated rings. The molecular weight excluding hydrogens is 631 g/mol. The lowest BCUT2D eigenvalue weighted by Gasteiger charge is -2.27. The maximum atomic E-state index is 6.63. The molecule has 8 aromatic carbocycles. The molecule has 0 saturated carbocycles. The maximum absolute atomic E-state index is 6.63. The van der Waals surface area contributed by atoms with Gasteiger partial charge in [-0.25, -0.2) is 0 Å². The van der Waals surface area contributed by atoms with Gasteiger partial charge in [0.25, 0.3) is 6.71 Å². The van der Waals surface area contributed by atoms with Gasteiger partial charge in [0.05, 0.1) is 22.1 Å². The van der Waals surface area contributed by atoms with Crippen LogP contribution >= 0.6 is 0 Å². The van der Waals surface area contributed by atoms with Crippen LogP contribution in [-0.4, -0.2) is 15.8 Å². The largest absolute Gasteiger partial charge is 0.458 e. The minimum absolute atomic E-state index is 0.111. The zero-order chi connectivity index (χ0) is 34.2. The van der Waals surface area contributed by atoms with E-state index in [1.54, 1.807) is 0 Å². The third kappa shape index (κ3) is 4.28. The first-order chi connectivity index (χ1) is 25.8. The van der Waals surface area contributed by atoms with E-state index in [-0.39, 0.29) is 6.71 Å². The highest BCUT2D eigenvalue weighted by atomic mass is 16.5. The van der Waals surface area contributed by atoms with Gasteiger partial charge in [0.1, 0.15) is 11.5 Å². The molecule has 11 rings (SSSR count). The molecule has 0 atom stereocenters. The predicted octanol–water partition coefficient (Wildman–Crippen LogP) is 10.2. The normalized spacial score (nSPS) is 12.3. The van der Waals surface area contributed by atoms with Gasteiger partial charge in [-0.1, -0.05) is 139 Å². The van der Waals surface area contributed by atoms with Crippen LogP contribution in [-0.2, 0) is 0 Å². The summed E-state index contributed by atoms with van der Waals surface area (Å²) in [6.07, 6.45) is 0. The Labute approximate surface area is 301 Å². The molecule has 0 saturated heterocycles. The molecule has 0 N–H and O–H groups in total. The Morgan fingerprint density at radius 2 is 1.04 bits per heavy atom. The quantitative estimate of drug-likeness (QED) is 0.172. The molecular formula is C48H31BN2O. The molecule has 3 heterocycles. The number of benzene rings is 8. The second-order valence-electron chi connectivity index (χ2n) is 13.7. The highest BCUT2D eigenvalue weighted by molar-refractivity contribution is 6.96. The summed E-state index contributed by atoms with van der Waals surface area (Å²) in [6, 6.07) is 67.8. The Balaban J connectivity index is 1.13. The molecule has 10 aromatic rings. The van der Waals surface area contributed by atoms with Crippen LogP contribution in [0.5, 0.6) is 11.5 Å². The van der Waals surface area contributed by atoms with Gasteiger partial charge in [-0.2, -0.15) is 0 Å². The summed E-state index contributed by atoms with van der Waals surface area (Å²) >= 11 is 0. The molecule has 242 valence electrons. The van der Waals surface area contributed by atoms with Gasteiger partial charge in [-0.05, 0) is 76.6 Å². The third-order valence-electron chi connectivity index (χ3n) is 10.8. The molecule has 0 spiro atoms. The van der Waals surface area contributed by atoms with Crippen LogP contribution in [0.25, 0.3) is 66.1 Å². The molecule has 4 heteroatoms. The number of nitrogens with zero attached hydrogens (tertiary/aromatic N) is 2. The molecule has 3 nitrogen and oxygen atoms in total. The van der Waals surface area contributed by atoms with Crippen LogP contribution in [0.4, 0.5) is 0 Å². The van der Waals surface area contributed by atoms with Gasteiger partial charge in [-0.3, -0.25) is 0 Å². The minimum Gasteiger partial charge on any atom is -0.458 e. The Bertz CT molecular complexity index is 3000. The number of para-hydroxylation sites is 4. The van der Waals surface area contributed by atoms with E-state index in [1.807, 2.05) is 0 Å². The number of fused-ring (bicyclic) bond motifs is 9. The molecule has 0 aliphatic carbocycles. The van der Waals surface area contributed by atoms with Gasteiger partial charge < -0.3 is 13.9 Å². The lowest BCUT2D eigenvalue weighted by molar-refractivity contribution is 0.487. The number of hydrogen-bond acceptors (Lipinski definition) is 1. The highest BCUT2D eigenvalue weighted by Crippen LogP contribution is 2.42. The summed E-state index contributed by atoms with van der Waals surface area (Å²) in [5.41, 5.74) is 13.0. The second-order valence-corrected chi connectivity index (χ2v) is 13.7. The number of aromatic nitrogens is 2. The van der Waals surface area contributed by atoms with E-state index >= 15 is 0 Å². The molecule has 0 amide bonds. The van der Waals surface area contributed by atoms with Gasteiger partial charge in [0.15, 0.2) is 0 Å². The van der Waals surface area contributed by atoms with Crippen molar-refractivity contribution in [3.05, 3.63) is 188 Å². The molecule has 1 aliphatic heterocycles. The molecule has 0 radical (unpaired) electrons. The van der Waals surface area contributed by atoms with E-state index in [0.29, 0.717) is 0 Å². The van der Waals surface area contributed by atoms with Crippen LogP contribution in [0.15, 0.2) is 188 Å². The first-order valence-corrected chi connectivity index (χ1v) is 17.9. The van der Waals surface area contributed by atoms with E-state index in [4.69, 9.17) is 4.74 Å². The lowest BCUT2D eigenvalue weighted by Crippen LogP contribution is -2.54. The summed E-state index contributed by atoms with van der Waals surface area (Å²) in [6.45, 7) is 0.111. The van der Waals surface area contributed by atoms with Crippen LogP contribution in [0.2, 0.25) is 0 Å². The first kappa shape index (κ1) is 29.0. The predicted molar refractivity (Wildman–Crippen MR) is 218 cm³/mol. The zero-order valence-corrected chi connectivity index (χ0v) is 28.3. The van der Waals surface area contributed by atoms with Crippen molar-refractivity contribution >= 4 is 66.7 Å². The van der Waals surface area contributed by atoms with E-state index in [2.05, 4.69) is 197 Å². The smallest absolute Gasteiger partial charge is 0.250 e. The second kappa shape index (κ2) is 11.4. The fourth-order valence-corrected chi connectivity index (χ4v) is 8.60. The number of rotatable bonds is 4. The van der Waals surface area contributed by atoms with E-state index in [1.165, 1.54) is 60.0 Å². The average molecular weight is 663 g/mol. The van der Waals surface area contributed by atoms with E-state index < -0.39 is 0 Å². The Morgan fingerprint density at radius 3 is 1.88 bits per heavy atom. The van der Waals surface area contributed by atoms with Crippen molar-refractivity contribution in [2.45, 2.75) is 0 Å². The zero-order valence-electron chi connectivity index (χ0n) is 28.3. The van der Waals surface area contributed by atoms with Crippen LogP contribution in [0.1, 0.15) is 0 Å². The third-order valence-corrected chi connectivity index (χ3v) is 10.8. The fraction of sp³-hybridized carbons (Fsp3) is 0. The van der Waals surface area contributed by atoms with E-state index in [9.17, 15) is 0 Å². The fourth-order valence-electron chi connectivity index (χ4n) is 8.60. The van der Waals surface area contributed by atoms with Crippen LogP contribution < -0.4 is 21.1 Å². The SMILES string of the molecule is c1ccc(B2c3ccccc3Oc3cc(-c4cccc(-n5c6ccccc6c6ccc7c(c8ccccc8n7-c7ccccc7)c65)c4)ccc32)cc1. The maximum Gasteiger partial charge on any atom is 0.250 e.